The van der Waals surface area contributed by atoms with Crippen LogP contribution in [0.15, 0.2) is 24.3 Å². The SMILES string of the molecule is COC(=O)c1c(NC(=S)Nc2cccc(C(C)=O)c2)sc2c1CCCCCC2. The summed E-state index contributed by atoms with van der Waals surface area (Å²) >= 11 is 7.03. The van der Waals surface area contributed by atoms with Crippen LogP contribution in [-0.4, -0.2) is 24.0 Å². The Morgan fingerprint density at radius 1 is 1.11 bits per heavy atom. The number of aryl methyl sites for hydroxylation is 1. The molecule has 1 aliphatic carbocycles. The van der Waals surface area contributed by atoms with Crippen LogP contribution in [0, 0.1) is 0 Å². The average molecular weight is 417 g/mol. The van der Waals surface area contributed by atoms with Gasteiger partial charge in [-0.1, -0.05) is 25.0 Å². The summed E-state index contributed by atoms with van der Waals surface area (Å²) in [5, 5.41) is 7.37. The van der Waals surface area contributed by atoms with E-state index < -0.39 is 0 Å². The number of benzene rings is 1. The summed E-state index contributed by atoms with van der Waals surface area (Å²) in [6.07, 6.45) is 6.48. The monoisotopic (exact) mass is 416 g/mol. The zero-order chi connectivity index (χ0) is 20.1. The fraction of sp³-hybridized carbons (Fsp3) is 0.381. The Kier molecular flexibility index (Phi) is 6.80. The van der Waals surface area contributed by atoms with E-state index in [0.717, 1.165) is 41.9 Å². The van der Waals surface area contributed by atoms with Crippen molar-refractivity contribution in [2.45, 2.75) is 45.4 Å². The topological polar surface area (TPSA) is 67.4 Å². The number of thiophene rings is 1. The molecule has 0 spiro atoms. The number of methoxy groups -OCH3 is 1. The van der Waals surface area contributed by atoms with Gasteiger partial charge in [-0.2, -0.15) is 0 Å². The lowest BCUT2D eigenvalue weighted by atomic mass is 9.96. The highest BCUT2D eigenvalue weighted by Gasteiger charge is 2.25. The Balaban J connectivity index is 1.83. The van der Waals surface area contributed by atoms with Crippen molar-refractivity contribution >= 4 is 51.1 Å². The minimum Gasteiger partial charge on any atom is -0.465 e. The standard InChI is InChI=1S/C21H24N2O3S2/c1-13(24)14-8-7-9-15(12-14)22-21(27)23-19-18(20(25)26-2)16-10-5-3-4-6-11-17(16)28-19/h7-9,12H,3-6,10-11H2,1-2H3,(H2,22,23,27). The molecule has 1 aliphatic rings. The molecule has 28 heavy (non-hydrogen) atoms. The van der Waals surface area contributed by atoms with Crippen molar-refractivity contribution in [3.63, 3.8) is 0 Å². The lowest BCUT2D eigenvalue weighted by molar-refractivity contribution is 0.0601. The maximum absolute atomic E-state index is 12.5. The molecule has 7 heteroatoms. The van der Waals surface area contributed by atoms with E-state index in [1.54, 1.807) is 29.5 Å². The summed E-state index contributed by atoms with van der Waals surface area (Å²) in [5.41, 5.74) is 3.04. The van der Waals surface area contributed by atoms with Crippen LogP contribution in [0.4, 0.5) is 10.7 Å². The van der Waals surface area contributed by atoms with Crippen molar-refractivity contribution in [1.82, 2.24) is 0 Å². The number of ketones is 1. The normalized spacial score (nSPS) is 13.6. The van der Waals surface area contributed by atoms with E-state index in [1.165, 1.54) is 31.8 Å². The van der Waals surface area contributed by atoms with Crippen LogP contribution in [0.2, 0.25) is 0 Å². The van der Waals surface area contributed by atoms with Crippen molar-refractivity contribution in [2.24, 2.45) is 0 Å². The lowest BCUT2D eigenvalue weighted by Gasteiger charge is -2.12. The summed E-state index contributed by atoms with van der Waals surface area (Å²) in [5.74, 6) is -0.337. The molecule has 148 valence electrons. The van der Waals surface area contributed by atoms with Gasteiger partial charge in [0, 0.05) is 16.1 Å². The van der Waals surface area contributed by atoms with Crippen LogP contribution >= 0.6 is 23.6 Å². The van der Waals surface area contributed by atoms with Gasteiger partial charge >= 0.3 is 5.97 Å². The van der Waals surface area contributed by atoms with Gasteiger partial charge in [0.2, 0.25) is 0 Å². The molecule has 5 nitrogen and oxygen atoms in total. The molecule has 1 aromatic carbocycles. The summed E-state index contributed by atoms with van der Waals surface area (Å²) in [6.45, 7) is 1.53. The first kappa shape index (κ1) is 20.5. The molecule has 2 N–H and O–H groups in total. The minimum absolute atomic E-state index is 0.00596. The van der Waals surface area contributed by atoms with Gasteiger partial charge in [-0.25, -0.2) is 4.79 Å². The number of thiocarbonyl (C=S) groups is 1. The second kappa shape index (κ2) is 9.30. The Morgan fingerprint density at radius 2 is 1.86 bits per heavy atom. The maximum atomic E-state index is 12.5. The number of hydrogen-bond donors (Lipinski definition) is 2. The summed E-state index contributed by atoms with van der Waals surface area (Å²) < 4.78 is 5.04. The van der Waals surface area contributed by atoms with Gasteiger partial charge in [-0.05, 0) is 62.5 Å². The van der Waals surface area contributed by atoms with Crippen LogP contribution in [0.25, 0.3) is 0 Å². The van der Waals surface area contributed by atoms with E-state index in [4.69, 9.17) is 17.0 Å². The molecule has 0 bridgehead atoms. The number of nitrogens with one attached hydrogen (secondary N) is 2. The number of ether oxygens (including phenoxy) is 1. The number of fused-ring (bicyclic) bond motifs is 1. The second-order valence-electron chi connectivity index (χ2n) is 6.83. The van der Waals surface area contributed by atoms with Gasteiger partial charge in [-0.15, -0.1) is 11.3 Å². The second-order valence-corrected chi connectivity index (χ2v) is 8.34. The molecule has 2 aromatic rings. The van der Waals surface area contributed by atoms with E-state index in [-0.39, 0.29) is 11.8 Å². The number of carbonyl (C=O) groups excluding carboxylic acids is 2. The van der Waals surface area contributed by atoms with Gasteiger partial charge in [0.1, 0.15) is 5.00 Å². The highest BCUT2D eigenvalue weighted by Crippen LogP contribution is 2.37. The van der Waals surface area contributed by atoms with E-state index in [2.05, 4.69) is 10.6 Å². The van der Waals surface area contributed by atoms with E-state index in [1.807, 2.05) is 6.07 Å². The molecule has 0 saturated heterocycles. The zero-order valence-corrected chi connectivity index (χ0v) is 17.7. The Morgan fingerprint density at radius 3 is 2.57 bits per heavy atom. The number of carbonyl (C=O) groups is 2. The molecule has 1 heterocycles. The Bertz CT molecular complexity index is 905. The highest BCUT2D eigenvalue weighted by molar-refractivity contribution is 7.80. The largest absolute Gasteiger partial charge is 0.465 e. The van der Waals surface area contributed by atoms with E-state index in [0.29, 0.717) is 16.2 Å². The fourth-order valence-corrected chi connectivity index (χ4v) is 4.97. The molecular formula is C21H24N2O3S2. The van der Waals surface area contributed by atoms with Gasteiger partial charge in [0.05, 0.1) is 12.7 Å². The molecule has 0 amide bonds. The predicted octanol–water partition coefficient (Wildman–Crippen LogP) is 5.21. The van der Waals surface area contributed by atoms with Crippen LogP contribution in [0.5, 0.6) is 0 Å². The van der Waals surface area contributed by atoms with Crippen molar-refractivity contribution in [3.8, 4) is 0 Å². The number of esters is 1. The first-order chi connectivity index (χ1) is 13.5. The molecule has 0 unspecified atom stereocenters. The maximum Gasteiger partial charge on any atom is 0.341 e. The minimum atomic E-state index is -0.332. The van der Waals surface area contributed by atoms with Crippen molar-refractivity contribution in [1.29, 1.82) is 0 Å². The first-order valence-corrected chi connectivity index (χ1v) is 10.6. The van der Waals surface area contributed by atoms with Crippen molar-refractivity contribution in [2.75, 3.05) is 17.7 Å². The quantitative estimate of drug-likeness (QED) is 0.405. The fourth-order valence-electron chi connectivity index (χ4n) is 3.41. The Labute approximate surface area is 174 Å². The Hall–Kier alpha value is -2.25. The smallest absolute Gasteiger partial charge is 0.341 e. The molecule has 0 radical (unpaired) electrons. The summed E-state index contributed by atoms with van der Waals surface area (Å²) in [6, 6.07) is 7.16. The van der Waals surface area contributed by atoms with Crippen molar-refractivity contribution < 1.29 is 14.3 Å². The third kappa shape index (κ3) is 4.77. The van der Waals surface area contributed by atoms with Crippen LogP contribution < -0.4 is 10.6 Å². The molecule has 3 rings (SSSR count). The zero-order valence-electron chi connectivity index (χ0n) is 16.1. The lowest BCUT2D eigenvalue weighted by Crippen LogP contribution is -2.20. The van der Waals surface area contributed by atoms with Crippen LogP contribution in [-0.2, 0) is 17.6 Å². The molecular weight excluding hydrogens is 392 g/mol. The highest BCUT2D eigenvalue weighted by atomic mass is 32.1. The number of Topliss-reactive ketones (excluding diaryl/α,β-unsaturated/α-hetero) is 1. The number of rotatable bonds is 4. The third-order valence-corrected chi connectivity index (χ3v) is 6.23. The average Bonchev–Trinajstić information content (AvgIpc) is 2.97. The van der Waals surface area contributed by atoms with Gasteiger partial charge in [0.15, 0.2) is 10.9 Å². The molecule has 0 atom stereocenters. The molecule has 0 aliphatic heterocycles. The molecule has 0 fully saturated rings. The van der Waals surface area contributed by atoms with Gasteiger partial charge in [0.25, 0.3) is 0 Å². The van der Waals surface area contributed by atoms with E-state index in [9.17, 15) is 9.59 Å². The van der Waals surface area contributed by atoms with Gasteiger partial charge in [-0.3, -0.25) is 4.79 Å². The summed E-state index contributed by atoms with van der Waals surface area (Å²) in [7, 11) is 1.41. The molecule has 0 saturated carbocycles. The van der Waals surface area contributed by atoms with Crippen molar-refractivity contribution in [3.05, 3.63) is 45.8 Å². The molecule has 1 aromatic heterocycles. The third-order valence-electron chi connectivity index (χ3n) is 4.81. The predicted molar refractivity (Wildman–Crippen MR) is 118 cm³/mol. The van der Waals surface area contributed by atoms with E-state index >= 15 is 0 Å². The van der Waals surface area contributed by atoms with Crippen LogP contribution in [0.1, 0.15) is 63.8 Å². The number of anilines is 2. The first-order valence-electron chi connectivity index (χ1n) is 9.41. The summed E-state index contributed by atoms with van der Waals surface area (Å²) in [4.78, 5) is 25.3. The van der Waals surface area contributed by atoms with Gasteiger partial charge < -0.3 is 15.4 Å². The van der Waals surface area contributed by atoms with Crippen LogP contribution in [0.3, 0.4) is 0 Å². The number of hydrogen-bond acceptors (Lipinski definition) is 5.